The molecule has 1 aliphatic rings. The fourth-order valence-electron chi connectivity index (χ4n) is 2.84. The van der Waals surface area contributed by atoms with E-state index < -0.39 is 0 Å². The van der Waals surface area contributed by atoms with Crippen molar-refractivity contribution in [3.8, 4) is 6.07 Å². The van der Waals surface area contributed by atoms with E-state index in [0.29, 0.717) is 11.4 Å². The van der Waals surface area contributed by atoms with Gasteiger partial charge in [-0.05, 0) is 30.9 Å². The number of likely N-dealkylation sites (N-methyl/N-ethyl adjacent to an activating group) is 1. The predicted molar refractivity (Wildman–Crippen MR) is 95.0 cm³/mol. The lowest BCUT2D eigenvalue weighted by atomic mass is 10.1. The Hall–Kier alpha value is -2.81. The monoisotopic (exact) mass is 340 g/mol. The fraction of sp³-hybridized carbons (Fsp3) is 0.421. The summed E-state index contributed by atoms with van der Waals surface area (Å²) in [6.45, 7) is 1.89. The van der Waals surface area contributed by atoms with Crippen LogP contribution in [0, 0.1) is 11.3 Å². The second kappa shape index (κ2) is 8.88. The summed E-state index contributed by atoms with van der Waals surface area (Å²) in [5.41, 5.74) is 1.29. The highest BCUT2D eigenvalue weighted by Gasteiger charge is 2.21. The van der Waals surface area contributed by atoms with Gasteiger partial charge in [-0.25, -0.2) is 0 Å². The summed E-state index contributed by atoms with van der Waals surface area (Å²) < 4.78 is 0. The maximum absolute atomic E-state index is 12.2. The number of rotatable bonds is 6. The third-order valence-electron chi connectivity index (χ3n) is 4.27. The zero-order valence-corrected chi connectivity index (χ0v) is 14.8. The second-order valence-electron chi connectivity index (χ2n) is 6.29. The van der Waals surface area contributed by atoms with Gasteiger partial charge in [0.2, 0.25) is 12.3 Å². The van der Waals surface area contributed by atoms with Gasteiger partial charge in [-0.2, -0.15) is 5.26 Å². The van der Waals surface area contributed by atoms with Crippen molar-refractivity contribution in [1.29, 1.82) is 5.26 Å². The molecule has 2 rings (SSSR count). The lowest BCUT2D eigenvalue weighted by Crippen LogP contribution is -2.39. The molecule has 0 bridgehead atoms. The van der Waals surface area contributed by atoms with Crippen LogP contribution in [-0.2, 0) is 16.1 Å². The van der Waals surface area contributed by atoms with Crippen LogP contribution >= 0.6 is 0 Å². The fourth-order valence-corrected chi connectivity index (χ4v) is 2.84. The van der Waals surface area contributed by atoms with Gasteiger partial charge in [0.15, 0.2) is 0 Å². The van der Waals surface area contributed by atoms with Crippen molar-refractivity contribution >= 4 is 12.3 Å². The zero-order chi connectivity index (χ0) is 18.2. The summed E-state index contributed by atoms with van der Waals surface area (Å²) in [6.07, 6.45) is 5.47. The van der Waals surface area contributed by atoms with E-state index in [9.17, 15) is 14.9 Å². The Kier molecular flexibility index (Phi) is 6.58. The molecular weight excluding hydrogens is 316 g/mol. The Balaban J connectivity index is 2.33. The topological polar surface area (TPSA) is 67.6 Å². The number of carbonyl (C=O) groups excluding carboxylic acids is 2. The molecule has 1 aliphatic heterocycles. The summed E-state index contributed by atoms with van der Waals surface area (Å²) >= 11 is 0. The quantitative estimate of drug-likeness (QED) is 0.586. The third-order valence-corrected chi connectivity index (χ3v) is 4.27. The van der Waals surface area contributed by atoms with Crippen molar-refractivity contribution in [3.05, 3.63) is 47.3 Å². The minimum Gasteiger partial charge on any atom is -0.358 e. The maximum atomic E-state index is 12.2. The molecular formula is C19H24N4O2. The Labute approximate surface area is 148 Å². The van der Waals surface area contributed by atoms with Crippen molar-refractivity contribution in [2.75, 3.05) is 27.2 Å². The van der Waals surface area contributed by atoms with E-state index in [2.05, 4.69) is 11.0 Å². The van der Waals surface area contributed by atoms with Crippen LogP contribution in [0.15, 0.2) is 36.2 Å². The van der Waals surface area contributed by atoms with Crippen LogP contribution in [0.4, 0.5) is 0 Å². The number of benzene rings is 1. The van der Waals surface area contributed by atoms with E-state index in [4.69, 9.17) is 0 Å². The van der Waals surface area contributed by atoms with Crippen LogP contribution in [0.1, 0.15) is 30.4 Å². The maximum Gasteiger partial charge on any atom is 0.249 e. The molecule has 0 aromatic heterocycles. The zero-order valence-electron chi connectivity index (χ0n) is 14.8. The Morgan fingerprint density at radius 2 is 1.92 bits per heavy atom. The van der Waals surface area contributed by atoms with Gasteiger partial charge in [0, 0.05) is 33.3 Å². The smallest absolute Gasteiger partial charge is 0.249 e. The molecule has 1 fully saturated rings. The lowest BCUT2D eigenvalue weighted by Gasteiger charge is -2.35. The molecule has 2 amide bonds. The van der Waals surface area contributed by atoms with Gasteiger partial charge in [-0.15, -0.1) is 0 Å². The number of piperidine rings is 1. The molecule has 0 aliphatic carbocycles. The number of nitrogens with zero attached hydrogens (tertiary/aromatic N) is 4. The van der Waals surface area contributed by atoms with Crippen LogP contribution in [-0.4, -0.2) is 54.2 Å². The number of hydrogen-bond donors (Lipinski definition) is 0. The van der Waals surface area contributed by atoms with Crippen molar-refractivity contribution in [3.63, 3.8) is 0 Å². The molecule has 0 radical (unpaired) electrons. The van der Waals surface area contributed by atoms with E-state index in [-0.39, 0.29) is 12.5 Å². The minimum atomic E-state index is -0.166. The van der Waals surface area contributed by atoms with Crippen molar-refractivity contribution in [1.82, 2.24) is 14.7 Å². The lowest BCUT2D eigenvalue weighted by molar-refractivity contribution is -0.124. The van der Waals surface area contributed by atoms with Crippen molar-refractivity contribution < 1.29 is 9.59 Å². The molecule has 6 nitrogen and oxygen atoms in total. The van der Waals surface area contributed by atoms with Gasteiger partial charge >= 0.3 is 0 Å². The molecule has 1 aromatic carbocycles. The normalized spacial score (nSPS) is 14.6. The number of likely N-dealkylation sites (tertiary alicyclic amines) is 1. The summed E-state index contributed by atoms with van der Waals surface area (Å²) in [7, 11) is 3.37. The highest BCUT2D eigenvalue weighted by molar-refractivity contribution is 5.88. The van der Waals surface area contributed by atoms with Crippen molar-refractivity contribution in [2.24, 2.45) is 0 Å². The summed E-state index contributed by atoms with van der Waals surface area (Å²) in [6, 6.07) is 9.35. The highest BCUT2D eigenvalue weighted by atomic mass is 16.2. The average molecular weight is 340 g/mol. The van der Waals surface area contributed by atoms with E-state index in [1.165, 1.54) is 15.9 Å². The molecule has 1 heterocycles. The number of amides is 2. The Bertz CT molecular complexity index is 685. The molecule has 0 atom stereocenters. The number of nitriles is 1. The van der Waals surface area contributed by atoms with E-state index in [1.807, 2.05) is 12.1 Å². The van der Waals surface area contributed by atoms with Crippen LogP contribution in [0.3, 0.4) is 0 Å². The van der Waals surface area contributed by atoms with Gasteiger partial charge in [0.05, 0.1) is 18.2 Å². The Morgan fingerprint density at radius 3 is 2.52 bits per heavy atom. The van der Waals surface area contributed by atoms with Crippen LogP contribution in [0.25, 0.3) is 0 Å². The second-order valence-corrected chi connectivity index (χ2v) is 6.29. The molecule has 25 heavy (non-hydrogen) atoms. The first-order chi connectivity index (χ1) is 12.1. The van der Waals surface area contributed by atoms with Gasteiger partial charge in [0.1, 0.15) is 5.82 Å². The van der Waals surface area contributed by atoms with E-state index in [1.54, 1.807) is 26.2 Å². The average Bonchev–Trinajstić information content (AvgIpc) is 2.65. The number of hydrogen-bond acceptors (Lipinski definition) is 4. The van der Waals surface area contributed by atoms with Gasteiger partial charge in [-0.3, -0.25) is 14.5 Å². The molecule has 1 aromatic rings. The SMILES string of the molecule is CN(C)C(=O)/C=C(\N(C=O)Cc1ccccc1C#N)N1CCCCC1. The summed E-state index contributed by atoms with van der Waals surface area (Å²) in [4.78, 5) is 29.1. The van der Waals surface area contributed by atoms with Crippen LogP contribution in [0.2, 0.25) is 0 Å². The summed E-state index contributed by atoms with van der Waals surface area (Å²) in [5.74, 6) is 0.433. The minimum absolute atomic E-state index is 0.166. The molecule has 0 unspecified atom stereocenters. The molecule has 1 saturated heterocycles. The van der Waals surface area contributed by atoms with Gasteiger partial charge in [-0.1, -0.05) is 18.2 Å². The van der Waals surface area contributed by atoms with E-state index in [0.717, 1.165) is 44.3 Å². The third kappa shape index (κ3) is 4.83. The predicted octanol–water partition coefficient (Wildman–Crippen LogP) is 1.93. The molecule has 132 valence electrons. The van der Waals surface area contributed by atoms with Gasteiger partial charge in [0.25, 0.3) is 0 Å². The first kappa shape index (κ1) is 18.5. The van der Waals surface area contributed by atoms with Crippen LogP contribution < -0.4 is 0 Å². The van der Waals surface area contributed by atoms with Gasteiger partial charge < -0.3 is 9.80 Å². The molecule has 0 saturated carbocycles. The van der Waals surface area contributed by atoms with E-state index >= 15 is 0 Å². The first-order valence-electron chi connectivity index (χ1n) is 8.44. The molecule has 0 N–H and O–H groups in total. The van der Waals surface area contributed by atoms with Crippen molar-refractivity contribution in [2.45, 2.75) is 25.8 Å². The Morgan fingerprint density at radius 1 is 1.24 bits per heavy atom. The highest BCUT2D eigenvalue weighted by Crippen LogP contribution is 2.20. The standard InChI is InChI=1S/C19H24N4O2/c1-21(2)19(25)12-18(22-10-6-3-7-11-22)23(15-24)14-17-9-5-4-8-16(17)13-20/h4-5,8-9,12,15H,3,6-7,10-11,14H2,1-2H3/b18-12-. The molecule has 6 heteroatoms. The first-order valence-corrected chi connectivity index (χ1v) is 8.44. The van der Waals surface area contributed by atoms with Crippen LogP contribution in [0.5, 0.6) is 0 Å². The molecule has 0 spiro atoms. The largest absolute Gasteiger partial charge is 0.358 e. The summed E-state index contributed by atoms with van der Waals surface area (Å²) in [5, 5.41) is 9.27. The number of carbonyl (C=O) groups is 2.